The van der Waals surface area contributed by atoms with Gasteiger partial charge in [0.1, 0.15) is 17.9 Å². The number of amides is 2. The van der Waals surface area contributed by atoms with Gasteiger partial charge in [0.15, 0.2) is 0 Å². The number of oxazole rings is 1. The summed E-state index contributed by atoms with van der Waals surface area (Å²) < 4.78 is 7.13. The van der Waals surface area contributed by atoms with Crippen molar-refractivity contribution < 1.29 is 9.21 Å². The zero-order valence-electron chi connectivity index (χ0n) is 11.4. The van der Waals surface area contributed by atoms with Gasteiger partial charge in [0.2, 0.25) is 0 Å². The second kappa shape index (κ2) is 4.95. The molecule has 0 radical (unpaired) electrons. The summed E-state index contributed by atoms with van der Waals surface area (Å²) >= 11 is 0. The van der Waals surface area contributed by atoms with Crippen LogP contribution in [0.2, 0.25) is 0 Å². The van der Waals surface area contributed by atoms with Crippen LogP contribution in [0.15, 0.2) is 10.7 Å². The highest BCUT2D eigenvalue weighted by molar-refractivity contribution is 5.87. The first-order valence-corrected chi connectivity index (χ1v) is 6.53. The molecule has 1 atom stereocenters. The Bertz CT molecular complexity index is 612. The third-order valence-electron chi connectivity index (χ3n) is 3.37. The number of anilines is 1. The van der Waals surface area contributed by atoms with Gasteiger partial charge >= 0.3 is 12.0 Å². The first kappa shape index (κ1) is 12.6. The van der Waals surface area contributed by atoms with Crippen LogP contribution < -0.4 is 10.6 Å². The van der Waals surface area contributed by atoms with Crippen molar-refractivity contribution in [3.8, 4) is 0 Å². The number of aromatic nitrogens is 4. The van der Waals surface area contributed by atoms with Gasteiger partial charge in [-0.2, -0.15) is 10.1 Å². The maximum Gasteiger partial charge on any atom is 0.323 e. The Kier molecular flexibility index (Phi) is 3.13. The van der Waals surface area contributed by atoms with Crippen LogP contribution in [0.1, 0.15) is 36.2 Å². The lowest BCUT2D eigenvalue weighted by molar-refractivity contribution is 0.243. The second-order valence-electron chi connectivity index (χ2n) is 4.80. The number of urea groups is 1. The van der Waals surface area contributed by atoms with E-state index in [9.17, 15) is 4.79 Å². The van der Waals surface area contributed by atoms with Gasteiger partial charge in [0.05, 0.1) is 11.7 Å². The van der Waals surface area contributed by atoms with Gasteiger partial charge in [-0.3, -0.25) is 5.32 Å². The van der Waals surface area contributed by atoms with Crippen LogP contribution in [0.5, 0.6) is 0 Å². The van der Waals surface area contributed by atoms with Crippen molar-refractivity contribution >= 4 is 12.0 Å². The highest BCUT2D eigenvalue weighted by Gasteiger charge is 2.24. The molecule has 1 unspecified atom stereocenters. The maximum absolute atomic E-state index is 12.0. The molecule has 0 aliphatic carbocycles. The topological polar surface area (TPSA) is 97.9 Å². The monoisotopic (exact) mass is 276 g/mol. The van der Waals surface area contributed by atoms with Gasteiger partial charge in [0, 0.05) is 6.54 Å². The highest BCUT2D eigenvalue weighted by atomic mass is 16.4. The van der Waals surface area contributed by atoms with Crippen molar-refractivity contribution in [2.75, 3.05) is 5.32 Å². The van der Waals surface area contributed by atoms with Gasteiger partial charge in [-0.25, -0.2) is 14.5 Å². The molecule has 0 bridgehead atoms. The Morgan fingerprint density at radius 2 is 2.35 bits per heavy atom. The predicted octanol–water partition coefficient (Wildman–Crippen LogP) is 1.54. The Hall–Kier alpha value is -2.38. The van der Waals surface area contributed by atoms with E-state index in [0.29, 0.717) is 5.76 Å². The quantitative estimate of drug-likeness (QED) is 0.867. The SMILES string of the molecule is Cc1nc(NC(=O)NC2CCCn3ncnc32)oc1C. The average Bonchev–Trinajstić information content (AvgIpc) is 2.98. The standard InChI is InChI=1S/C12H16N6O2/c1-7-8(2)20-12(15-7)17-11(19)16-9-4-3-5-18-10(9)13-6-14-18/h6,9H,3-5H2,1-2H3,(H2,15,16,17,19). The van der Waals surface area contributed by atoms with Gasteiger partial charge in [0.25, 0.3) is 0 Å². The summed E-state index contributed by atoms with van der Waals surface area (Å²) in [5, 5.41) is 9.57. The molecule has 3 rings (SSSR count). The molecule has 0 saturated heterocycles. The van der Waals surface area contributed by atoms with E-state index in [1.165, 1.54) is 6.33 Å². The molecule has 2 aromatic rings. The molecule has 0 saturated carbocycles. The highest BCUT2D eigenvalue weighted by Crippen LogP contribution is 2.22. The molecule has 2 amide bonds. The van der Waals surface area contributed by atoms with E-state index < -0.39 is 0 Å². The molecule has 3 heterocycles. The summed E-state index contributed by atoms with van der Waals surface area (Å²) in [6.45, 7) is 4.47. The second-order valence-corrected chi connectivity index (χ2v) is 4.80. The zero-order chi connectivity index (χ0) is 14.1. The Balaban J connectivity index is 1.65. The zero-order valence-corrected chi connectivity index (χ0v) is 11.4. The van der Waals surface area contributed by atoms with Crippen LogP contribution in [0.4, 0.5) is 10.8 Å². The summed E-state index contributed by atoms with van der Waals surface area (Å²) in [5.74, 6) is 1.48. The molecule has 106 valence electrons. The third kappa shape index (κ3) is 2.36. The van der Waals surface area contributed by atoms with Gasteiger partial charge in [-0.1, -0.05) is 0 Å². The summed E-state index contributed by atoms with van der Waals surface area (Å²) in [4.78, 5) is 20.2. The lowest BCUT2D eigenvalue weighted by Crippen LogP contribution is -2.36. The minimum Gasteiger partial charge on any atom is -0.428 e. The molecule has 0 aromatic carbocycles. The van der Waals surface area contributed by atoms with E-state index >= 15 is 0 Å². The molecular formula is C12H16N6O2. The number of rotatable bonds is 2. The van der Waals surface area contributed by atoms with Crippen molar-refractivity contribution in [1.82, 2.24) is 25.1 Å². The fourth-order valence-electron chi connectivity index (χ4n) is 2.24. The molecule has 8 nitrogen and oxygen atoms in total. The molecular weight excluding hydrogens is 260 g/mol. The van der Waals surface area contributed by atoms with Crippen LogP contribution in [0, 0.1) is 13.8 Å². The van der Waals surface area contributed by atoms with Crippen molar-refractivity contribution in [3.63, 3.8) is 0 Å². The fourth-order valence-corrected chi connectivity index (χ4v) is 2.24. The first-order chi connectivity index (χ1) is 9.63. The third-order valence-corrected chi connectivity index (χ3v) is 3.37. The summed E-state index contributed by atoms with van der Waals surface area (Å²) in [7, 11) is 0. The number of carbonyl (C=O) groups is 1. The number of hydrogen-bond donors (Lipinski definition) is 2. The van der Waals surface area contributed by atoms with E-state index in [4.69, 9.17) is 4.42 Å². The molecule has 2 N–H and O–H groups in total. The summed E-state index contributed by atoms with van der Waals surface area (Å²) in [6.07, 6.45) is 3.31. The van der Waals surface area contributed by atoms with Crippen LogP contribution in [-0.4, -0.2) is 25.8 Å². The Morgan fingerprint density at radius 3 is 3.10 bits per heavy atom. The van der Waals surface area contributed by atoms with E-state index in [0.717, 1.165) is 30.9 Å². The van der Waals surface area contributed by atoms with Gasteiger partial charge in [-0.15, -0.1) is 0 Å². The lowest BCUT2D eigenvalue weighted by Gasteiger charge is -2.22. The maximum atomic E-state index is 12.0. The largest absolute Gasteiger partial charge is 0.428 e. The van der Waals surface area contributed by atoms with Gasteiger partial charge < -0.3 is 9.73 Å². The van der Waals surface area contributed by atoms with Crippen molar-refractivity contribution in [1.29, 1.82) is 0 Å². The number of aryl methyl sites for hydroxylation is 3. The molecule has 8 heteroatoms. The molecule has 0 spiro atoms. The summed E-state index contributed by atoms with van der Waals surface area (Å²) in [6, 6.07) is -0.286. The smallest absolute Gasteiger partial charge is 0.323 e. The van der Waals surface area contributed by atoms with Crippen LogP contribution >= 0.6 is 0 Å². The van der Waals surface area contributed by atoms with Crippen molar-refractivity contribution in [2.24, 2.45) is 0 Å². The van der Waals surface area contributed by atoms with Crippen LogP contribution in [-0.2, 0) is 6.54 Å². The van der Waals surface area contributed by atoms with E-state index in [1.807, 2.05) is 11.6 Å². The number of fused-ring (bicyclic) bond motifs is 1. The molecule has 1 aliphatic heterocycles. The van der Waals surface area contributed by atoms with Crippen molar-refractivity contribution in [3.05, 3.63) is 23.6 Å². The summed E-state index contributed by atoms with van der Waals surface area (Å²) in [5.41, 5.74) is 0.762. The normalized spacial score (nSPS) is 17.6. The first-order valence-electron chi connectivity index (χ1n) is 6.53. The molecule has 1 aliphatic rings. The lowest BCUT2D eigenvalue weighted by atomic mass is 10.1. The predicted molar refractivity (Wildman–Crippen MR) is 70.1 cm³/mol. The average molecular weight is 276 g/mol. The molecule has 2 aromatic heterocycles. The minimum atomic E-state index is -0.354. The van der Waals surface area contributed by atoms with Crippen molar-refractivity contribution in [2.45, 2.75) is 39.3 Å². The Labute approximate surface area is 115 Å². The molecule has 0 fully saturated rings. The number of hydrogen-bond acceptors (Lipinski definition) is 5. The number of nitrogens with one attached hydrogen (secondary N) is 2. The minimum absolute atomic E-state index is 0.136. The number of nitrogens with zero attached hydrogens (tertiary/aromatic N) is 4. The fraction of sp³-hybridized carbons (Fsp3) is 0.500. The van der Waals surface area contributed by atoms with E-state index in [2.05, 4.69) is 25.7 Å². The van der Waals surface area contributed by atoms with Crippen LogP contribution in [0.3, 0.4) is 0 Å². The van der Waals surface area contributed by atoms with E-state index in [-0.39, 0.29) is 18.1 Å². The van der Waals surface area contributed by atoms with E-state index in [1.54, 1.807) is 6.92 Å². The Morgan fingerprint density at radius 1 is 1.50 bits per heavy atom. The van der Waals surface area contributed by atoms with Gasteiger partial charge in [-0.05, 0) is 26.7 Å². The number of carbonyl (C=O) groups excluding carboxylic acids is 1. The molecule has 20 heavy (non-hydrogen) atoms. The van der Waals surface area contributed by atoms with Crippen LogP contribution in [0.25, 0.3) is 0 Å².